The highest BCUT2D eigenvalue weighted by atomic mass is 32.1. The first-order chi connectivity index (χ1) is 7.66. The van der Waals surface area contributed by atoms with Crippen molar-refractivity contribution < 1.29 is 4.79 Å². The average molecular weight is 234 g/mol. The second-order valence-electron chi connectivity index (χ2n) is 3.34. The standard InChI is InChI=1S/C11H10N2O2S/c1-8-3-2-4-9(7-8)12-11(15)13-10(14)5-6-16-13/h2-7H,1H3,(H,12,15). The van der Waals surface area contributed by atoms with Crippen molar-refractivity contribution in [2.24, 2.45) is 0 Å². The Morgan fingerprint density at radius 2 is 2.19 bits per heavy atom. The molecule has 4 nitrogen and oxygen atoms in total. The van der Waals surface area contributed by atoms with E-state index in [2.05, 4.69) is 5.32 Å². The average Bonchev–Trinajstić information content (AvgIpc) is 2.64. The molecule has 0 bridgehead atoms. The van der Waals surface area contributed by atoms with Gasteiger partial charge in [-0.2, -0.15) is 3.96 Å². The molecule has 0 aliphatic rings. The summed E-state index contributed by atoms with van der Waals surface area (Å²) in [7, 11) is 0. The van der Waals surface area contributed by atoms with Crippen molar-refractivity contribution in [3.63, 3.8) is 0 Å². The van der Waals surface area contributed by atoms with Crippen molar-refractivity contribution in [3.8, 4) is 0 Å². The maximum Gasteiger partial charge on any atom is 0.342 e. The summed E-state index contributed by atoms with van der Waals surface area (Å²) < 4.78 is 1.07. The molecule has 0 atom stereocenters. The van der Waals surface area contributed by atoms with Crippen LogP contribution < -0.4 is 10.9 Å². The third-order valence-electron chi connectivity index (χ3n) is 2.03. The molecule has 0 saturated heterocycles. The van der Waals surface area contributed by atoms with Gasteiger partial charge in [-0.15, -0.1) is 0 Å². The van der Waals surface area contributed by atoms with Crippen LogP contribution >= 0.6 is 11.5 Å². The Morgan fingerprint density at radius 1 is 1.38 bits per heavy atom. The molecule has 2 aromatic rings. The van der Waals surface area contributed by atoms with E-state index in [1.165, 1.54) is 6.07 Å². The van der Waals surface area contributed by atoms with E-state index >= 15 is 0 Å². The first-order valence-electron chi connectivity index (χ1n) is 4.72. The molecule has 0 spiro atoms. The van der Waals surface area contributed by atoms with Gasteiger partial charge >= 0.3 is 6.03 Å². The topological polar surface area (TPSA) is 51.1 Å². The number of amides is 1. The van der Waals surface area contributed by atoms with Crippen LogP contribution in [-0.4, -0.2) is 9.99 Å². The Labute approximate surface area is 96.3 Å². The monoisotopic (exact) mass is 234 g/mol. The number of benzene rings is 1. The number of nitrogens with one attached hydrogen (secondary N) is 1. The van der Waals surface area contributed by atoms with Crippen molar-refractivity contribution >= 4 is 23.3 Å². The molecule has 0 fully saturated rings. The third-order valence-corrected chi connectivity index (χ3v) is 2.85. The number of aromatic nitrogens is 1. The first-order valence-corrected chi connectivity index (χ1v) is 5.55. The number of hydrogen-bond donors (Lipinski definition) is 1. The van der Waals surface area contributed by atoms with E-state index < -0.39 is 6.03 Å². The molecule has 2 rings (SSSR count). The van der Waals surface area contributed by atoms with Crippen molar-refractivity contribution in [3.05, 3.63) is 51.6 Å². The molecule has 0 aliphatic heterocycles. The van der Waals surface area contributed by atoms with E-state index in [1.807, 2.05) is 25.1 Å². The molecule has 0 radical (unpaired) electrons. The number of rotatable bonds is 1. The largest absolute Gasteiger partial charge is 0.342 e. The van der Waals surface area contributed by atoms with Gasteiger partial charge in [-0.3, -0.25) is 4.79 Å². The predicted octanol–water partition coefficient (Wildman–Crippen LogP) is 2.30. The lowest BCUT2D eigenvalue weighted by molar-refractivity contribution is 0.255. The molecule has 0 saturated carbocycles. The number of anilines is 1. The van der Waals surface area contributed by atoms with Crippen molar-refractivity contribution in [2.45, 2.75) is 6.92 Å². The zero-order chi connectivity index (χ0) is 11.5. The maximum absolute atomic E-state index is 11.7. The molecule has 16 heavy (non-hydrogen) atoms. The zero-order valence-electron chi connectivity index (χ0n) is 8.64. The van der Waals surface area contributed by atoms with Crippen LogP contribution in [0.25, 0.3) is 0 Å². The number of nitrogens with zero attached hydrogens (tertiary/aromatic N) is 1. The van der Waals surface area contributed by atoms with E-state index in [0.717, 1.165) is 21.1 Å². The summed E-state index contributed by atoms with van der Waals surface area (Å²) in [5.41, 5.74) is 1.43. The minimum atomic E-state index is -0.425. The molecular weight excluding hydrogens is 224 g/mol. The molecule has 1 heterocycles. The summed E-state index contributed by atoms with van der Waals surface area (Å²) >= 11 is 1.07. The van der Waals surface area contributed by atoms with Gasteiger partial charge in [0.1, 0.15) is 0 Å². The summed E-state index contributed by atoms with van der Waals surface area (Å²) in [4.78, 5) is 22.9. The zero-order valence-corrected chi connectivity index (χ0v) is 9.45. The van der Waals surface area contributed by atoms with Crippen LogP contribution in [0.1, 0.15) is 5.56 Å². The maximum atomic E-state index is 11.7. The van der Waals surface area contributed by atoms with Gasteiger partial charge < -0.3 is 5.32 Å². The lowest BCUT2D eigenvalue weighted by Crippen LogP contribution is -2.26. The van der Waals surface area contributed by atoms with Crippen molar-refractivity contribution in [1.29, 1.82) is 0 Å². The normalized spacial score (nSPS) is 10.1. The fraction of sp³-hybridized carbons (Fsp3) is 0.0909. The Bertz CT molecular complexity index is 571. The van der Waals surface area contributed by atoms with Crippen molar-refractivity contribution in [1.82, 2.24) is 3.96 Å². The minimum Gasteiger partial charge on any atom is -0.306 e. The van der Waals surface area contributed by atoms with Crippen LogP contribution in [-0.2, 0) is 0 Å². The fourth-order valence-corrected chi connectivity index (χ4v) is 1.92. The van der Waals surface area contributed by atoms with Gasteiger partial charge in [0.2, 0.25) is 0 Å². The molecule has 0 unspecified atom stereocenters. The van der Waals surface area contributed by atoms with Crippen LogP contribution in [0.2, 0.25) is 0 Å². The van der Waals surface area contributed by atoms with Gasteiger partial charge in [-0.25, -0.2) is 4.79 Å². The Kier molecular flexibility index (Phi) is 2.87. The smallest absolute Gasteiger partial charge is 0.306 e. The van der Waals surface area contributed by atoms with Crippen LogP contribution in [0, 0.1) is 6.92 Å². The highest BCUT2D eigenvalue weighted by Gasteiger charge is 2.07. The number of aryl methyl sites for hydroxylation is 1. The quantitative estimate of drug-likeness (QED) is 0.823. The molecule has 0 aliphatic carbocycles. The highest BCUT2D eigenvalue weighted by molar-refractivity contribution is 7.05. The highest BCUT2D eigenvalue weighted by Crippen LogP contribution is 2.10. The SMILES string of the molecule is Cc1cccc(NC(=O)n2sccc2=O)c1. The summed E-state index contributed by atoms with van der Waals surface area (Å²) in [6.45, 7) is 1.94. The summed E-state index contributed by atoms with van der Waals surface area (Å²) in [5, 5.41) is 4.24. The Morgan fingerprint density at radius 3 is 2.81 bits per heavy atom. The second-order valence-corrected chi connectivity index (χ2v) is 4.19. The molecule has 1 aromatic carbocycles. The second kappa shape index (κ2) is 4.32. The summed E-state index contributed by atoms with van der Waals surface area (Å²) in [6.07, 6.45) is 0. The number of hydrogen-bond acceptors (Lipinski definition) is 3. The lowest BCUT2D eigenvalue weighted by atomic mass is 10.2. The van der Waals surface area contributed by atoms with E-state index in [4.69, 9.17) is 0 Å². The van der Waals surface area contributed by atoms with Gasteiger partial charge in [0, 0.05) is 17.1 Å². The van der Waals surface area contributed by atoms with Gasteiger partial charge in [-0.05, 0) is 24.6 Å². The molecule has 1 aromatic heterocycles. The summed E-state index contributed by atoms with van der Waals surface area (Å²) in [6, 6.07) is 8.35. The number of carbonyl (C=O) groups is 1. The van der Waals surface area contributed by atoms with E-state index in [1.54, 1.807) is 11.4 Å². The van der Waals surface area contributed by atoms with E-state index in [-0.39, 0.29) is 5.56 Å². The number of carbonyl (C=O) groups excluding carboxylic acids is 1. The summed E-state index contributed by atoms with van der Waals surface area (Å²) in [5.74, 6) is 0. The van der Waals surface area contributed by atoms with Crippen LogP contribution in [0.4, 0.5) is 10.5 Å². The lowest BCUT2D eigenvalue weighted by Gasteiger charge is -2.04. The van der Waals surface area contributed by atoms with E-state index in [9.17, 15) is 9.59 Å². The third kappa shape index (κ3) is 2.20. The minimum absolute atomic E-state index is 0.310. The van der Waals surface area contributed by atoms with Crippen LogP contribution in [0.15, 0.2) is 40.5 Å². The van der Waals surface area contributed by atoms with Crippen LogP contribution in [0.3, 0.4) is 0 Å². The van der Waals surface area contributed by atoms with E-state index in [0.29, 0.717) is 5.69 Å². The predicted molar refractivity (Wildman–Crippen MR) is 64.2 cm³/mol. The Hall–Kier alpha value is -1.88. The fourth-order valence-electron chi connectivity index (χ4n) is 1.31. The van der Waals surface area contributed by atoms with Crippen molar-refractivity contribution in [2.75, 3.05) is 5.32 Å². The molecule has 82 valence electrons. The van der Waals surface area contributed by atoms with Gasteiger partial charge in [-0.1, -0.05) is 23.7 Å². The first kappa shape index (κ1) is 10.6. The Balaban J connectivity index is 2.20. The van der Waals surface area contributed by atoms with Crippen LogP contribution in [0.5, 0.6) is 0 Å². The van der Waals surface area contributed by atoms with Gasteiger partial charge in [0.25, 0.3) is 5.56 Å². The molecular formula is C11H10N2O2S. The van der Waals surface area contributed by atoms with Gasteiger partial charge in [0.15, 0.2) is 0 Å². The molecule has 5 heteroatoms. The molecule has 1 amide bonds. The van der Waals surface area contributed by atoms with Gasteiger partial charge in [0.05, 0.1) is 0 Å². The molecule has 1 N–H and O–H groups in total.